The first-order chi connectivity index (χ1) is 7.28. The predicted molar refractivity (Wildman–Crippen MR) is 62.8 cm³/mol. The Morgan fingerprint density at radius 1 is 1.07 bits per heavy atom. The molecule has 2 nitrogen and oxygen atoms in total. The Morgan fingerprint density at radius 3 is 1.87 bits per heavy atom. The van der Waals surface area contributed by atoms with Gasteiger partial charge in [-0.05, 0) is 18.6 Å². The summed E-state index contributed by atoms with van der Waals surface area (Å²) in [6.07, 6.45) is 6.45. The number of carbonyl (C=O) groups excluding carboxylic acids is 2. The molecule has 0 aromatic heterocycles. The number of hydrogen-bond donors (Lipinski definition) is 0. The number of hydrogen-bond acceptors (Lipinski definition) is 2. The van der Waals surface area contributed by atoms with Gasteiger partial charge in [0.1, 0.15) is 12.6 Å². The van der Waals surface area contributed by atoms with Gasteiger partial charge < -0.3 is 0 Å². The lowest BCUT2D eigenvalue weighted by atomic mass is 10.1. The third-order valence-electron chi connectivity index (χ3n) is 1.58. The number of benzene rings is 1. The van der Waals surface area contributed by atoms with Crippen molar-refractivity contribution in [3.05, 3.63) is 54.1 Å². The van der Waals surface area contributed by atoms with E-state index in [2.05, 4.69) is 6.58 Å². The first-order valence-corrected chi connectivity index (χ1v) is 4.52. The predicted octanol–water partition coefficient (Wildman–Crippen LogP) is 2.90. The summed E-state index contributed by atoms with van der Waals surface area (Å²) in [5.41, 5.74) is 1.73. The molecule has 2 heteroatoms. The Hall–Kier alpha value is -1.96. The van der Waals surface area contributed by atoms with Gasteiger partial charge >= 0.3 is 0 Å². The second-order valence-corrected chi connectivity index (χ2v) is 2.65. The van der Waals surface area contributed by atoms with Crippen LogP contribution in [-0.4, -0.2) is 12.6 Å². The Kier molecular flexibility index (Phi) is 7.50. The van der Waals surface area contributed by atoms with Crippen molar-refractivity contribution in [3.8, 4) is 0 Å². The van der Waals surface area contributed by atoms with Crippen LogP contribution in [0.15, 0.2) is 43.0 Å². The van der Waals surface area contributed by atoms with Crippen LogP contribution in [0.3, 0.4) is 0 Å². The van der Waals surface area contributed by atoms with E-state index in [1.807, 2.05) is 12.1 Å². The Balaban J connectivity index is 0.000000336. The number of aldehydes is 2. The molecule has 1 aromatic rings. The summed E-state index contributed by atoms with van der Waals surface area (Å²) in [4.78, 5) is 19.5. The lowest BCUT2D eigenvalue weighted by Crippen LogP contribution is -1.77. The van der Waals surface area contributed by atoms with Crippen molar-refractivity contribution in [1.82, 2.24) is 0 Å². The van der Waals surface area contributed by atoms with E-state index in [4.69, 9.17) is 0 Å². The van der Waals surface area contributed by atoms with Gasteiger partial charge in [0.05, 0.1) is 0 Å². The van der Waals surface area contributed by atoms with E-state index in [0.29, 0.717) is 5.56 Å². The van der Waals surface area contributed by atoms with Crippen LogP contribution in [-0.2, 0) is 4.79 Å². The summed E-state index contributed by atoms with van der Waals surface area (Å²) in [5, 5.41) is 0. The van der Waals surface area contributed by atoms with Crippen molar-refractivity contribution in [3.63, 3.8) is 0 Å². The highest BCUT2D eigenvalue weighted by molar-refractivity contribution is 5.75. The second-order valence-electron chi connectivity index (χ2n) is 2.65. The highest BCUT2D eigenvalue weighted by Crippen LogP contribution is 2.02. The zero-order chi connectivity index (χ0) is 11.5. The van der Waals surface area contributed by atoms with E-state index in [0.717, 1.165) is 18.1 Å². The topological polar surface area (TPSA) is 34.1 Å². The fourth-order valence-corrected chi connectivity index (χ4v) is 0.789. The molecule has 0 radical (unpaired) electrons. The molecule has 15 heavy (non-hydrogen) atoms. The van der Waals surface area contributed by atoms with Crippen LogP contribution in [0.2, 0.25) is 0 Å². The fraction of sp³-hybridized carbons (Fsp3) is 0.0769. The largest absolute Gasteiger partial charge is 0.299 e. The summed E-state index contributed by atoms with van der Waals surface area (Å²) in [7, 11) is 0. The molecular formula is C13H14O2. The second kappa shape index (κ2) is 8.63. The lowest BCUT2D eigenvalue weighted by Gasteiger charge is -1.90. The van der Waals surface area contributed by atoms with Gasteiger partial charge in [-0.15, -0.1) is 0 Å². The van der Waals surface area contributed by atoms with Crippen molar-refractivity contribution >= 4 is 18.6 Å². The van der Waals surface area contributed by atoms with Gasteiger partial charge in [0.15, 0.2) is 0 Å². The van der Waals surface area contributed by atoms with Gasteiger partial charge in [-0.1, -0.05) is 43.0 Å². The SMILES string of the molecule is C/C=C/C=O.C=Cc1ccc(C=O)cc1. The Morgan fingerprint density at radius 2 is 1.60 bits per heavy atom. The molecule has 0 saturated carbocycles. The van der Waals surface area contributed by atoms with Crippen molar-refractivity contribution in [2.75, 3.05) is 0 Å². The summed E-state index contributed by atoms with van der Waals surface area (Å²) in [6, 6.07) is 7.25. The maximum absolute atomic E-state index is 10.2. The van der Waals surface area contributed by atoms with Gasteiger partial charge in [-0.2, -0.15) is 0 Å². The molecule has 78 valence electrons. The Labute approximate surface area is 89.9 Å². The van der Waals surface area contributed by atoms with Crippen LogP contribution < -0.4 is 0 Å². The van der Waals surface area contributed by atoms with Crippen LogP contribution in [0.5, 0.6) is 0 Å². The van der Waals surface area contributed by atoms with Crippen LogP contribution in [0.4, 0.5) is 0 Å². The molecule has 0 aliphatic carbocycles. The molecular weight excluding hydrogens is 188 g/mol. The smallest absolute Gasteiger partial charge is 0.150 e. The van der Waals surface area contributed by atoms with E-state index < -0.39 is 0 Å². The van der Waals surface area contributed by atoms with Crippen molar-refractivity contribution in [2.24, 2.45) is 0 Å². The average molecular weight is 202 g/mol. The lowest BCUT2D eigenvalue weighted by molar-refractivity contribution is -0.104. The number of rotatable bonds is 3. The van der Waals surface area contributed by atoms with Crippen LogP contribution in [0.25, 0.3) is 6.08 Å². The molecule has 0 saturated heterocycles. The van der Waals surface area contributed by atoms with E-state index in [9.17, 15) is 9.59 Å². The molecule has 0 heterocycles. The van der Waals surface area contributed by atoms with Gasteiger partial charge in [0, 0.05) is 5.56 Å². The average Bonchev–Trinajstić information content (AvgIpc) is 2.31. The first-order valence-electron chi connectivity index (χ1n) is 4.52. The summed E-state index contributed by atoms with van der Waals surface area (Å²) >= 11 is 0. The third kappa shape index (κ3) is 6.16. The summed E-state index contributed by atoms with van der Waals surface area (Å²) in [6.45, 7) is 5.40. The monoisotopic (exact) mass is 202 g/mol. The molecule has 0 fully saturated rings. The van der Waals surface area contributed by atoms with Crippen molar-refractivity contribution in [2.45, 2.75) is 6.92 Å². The molecule has 0 atom stereocenters. The molecule has 0 spiro atoms. The standard InChI is InChI=1S/C9H8O.C4H6O/c1-2-8-3-5-9(7-10)6-4-8;1-2-3-4-5/h2-7H,1H2;2-4H,1H3/b;3-2+. The van der Waals surface area contributed by atoms with Gasteiger partial charge in [0.2, 0.25) is 0 Å². The quantitative estimate of drug-likeness (QED) is 0.558. The minimum absolute atomic E-state index is 0.700. The molecule has 0 bridgehead atoms. The van der Waals surface area contributed by atoms with E-state index in [1.165, 1.54) is 6.08 Å². The number of carbonyl (C=O) groups is 2. The zero-order valence-electron chi connectivity index (χ0n) is 8.72. The molecule has 0 N–H and O–H groups in total. The van der Waals surface area contributed by atoms with Crippen LogP contribution in [0.1, 0.15) is 22.8 Å². The molecule has 0 aliphatic heterocycles. The minimum Gasteiger partial charge on any atom is -0.299 e. The minimum atomic E-state index is 0.700. The number of allylic oxidation sites excluding steroid dienone is 2. The molecule has 0 aliphatic rings. The van der Waals surface area contributed by atoms with E-state index in [1.54, 1.807) is 31.2 Å². The van der Waals surface area contributed by atoms with Crippen LogP contribution >= 0.6 is 0 Å². The zero-order valence-corrected chi connectivity index (χ0v) is 8.72. The highest BCUT2D eigenvalue weighted by Gasteiger charge is 1.86. The molecule has 0 unspecified atom stereocenters. The maximum atomic E-state index is 10.2. The third-order valence-corrected chi connectivity index (χ3v) is 1.58. The normalized spacial score (nSPS) is 8.87. The molecule has 0 amide bonds. The van der Waals surface area contributed by atoms with Crippen molar-refractivity contribution < 1.29 is 9.59 Å². The van der Waals surface area contributed by atoms with Gasteiger partial charge in [-0.3, -0.25) is 9.59 Å². The maximum Gasteiger partial charge on any atom is 0.150 e. The van der Waals surface area contributed by atoms with E-state index >= 15 is 0 Å². The fourth-order valence-electron chi connectivity index (χ4n) is 0.789. The summed E-state index contributed by atoms with van der Waals surface area (Å²) < 4.78 is 0. The Bertz CT molecular complexity index is 307. The molecule has 1 rings (SSSR count). The highest BCUT2D eigenvalue weighted by atomic mass is 16.1. The van der Waals surface area contributed by atoms with Gasteiger partial charge in [-0.25, -0.2) is 0 Å². The van der Waals surface area contributed by atoms with Crippen molar-refractivity contribution in [1.29, 1.82) is 0 Å². The van der Waals surface area contributed by atoms with Crippen LogP contribution in [0, 0.1) is 0 Å². The first kappa shape index (κ1) is 13.0. The van der Waals surface area contributed by atoms with Gasteiger partial charge in [0.25, 0.3) is 0 Å². The van der Waals surface area contributed by atoms with E-state index in [-0.39, 0.29) is 0 Å². The molecule has 1 aromatic carbocycles. The summed E-state index contributed by atoms with van der Waals surface area (Å²) in [5.74, 6) is 0.